The third-order valence-electron chi connectivity index (χ3n) is 4.13. The van der Waals surface area contributed by atoms with Crippen LogP contribution in [-0.2, 0) is 13.1 Å². The Bertz CT molecular complexity index is 709. The standard InChI is InChI=1S/C16H19N5O4/c22-16(17-11-13-1-3-15(4-2-13)21(23)24)20-8-6-19(7-9-20)12-14-5-10-25-18-14/h1-5,10H,6-9,11-12H2,(H,17,22). The molecule has 2 amide bonds. The fourth-order valence-electron chi connectivity index (χ4n) is 2.68. The van der Waals surface area contributed by atoms with Crippen molar-refractivity contribution < 1.29 is 14.2 Å². The second-order valence-corrected chi connectivity index (χ2v) is 5.84. The van der Waals surface area contributed by atoms with Crippen molar-refractivity contribution in [3.05, 3.63) is 58.0 Å². The highest BCUT2D eigenvalue weighted by atomic mass is 16.6. The molecule has 25 heavy (non-hydrogen) atoms. The summed E-state index contributed by atoms with van der Waals surface area (Å²) in [5, 5.41) is 17.4. The molecule has 1 N–H and O–H groups in total. The molecule has 3 rings (SSSR count). The second kappa shape index (κ2) is 7.75. The zero-order valence-electron chi connectivity index (χ0n) is 13.6. The molecule has 1 aromatic heterocycles. The summed E-state index contributed by atoms with van der Waals surface area (Å²) in [5.74, 6) is 0. The van der Waals surface area contributed by atoms with E-state index in [2.05, 4.69) is 15.4 Å². The maximum atomic E-state index is 12.2. The Morgan fingerprint density at radius 3 is 2.52 bits per heavy atom. The fraction of sp³-hybridized carbons (Fsp3) is 0.375. The maximum Gasteiger partial charge on any atom is 0.317 e. The number of nitro groups is 1. The number of hydrogen-bond donors (Lipinski definition) is 1. The SMILES string of the molecule is O=C(NCc1ccc([N+](=O)[O-])cc1)N1CCN(Cc2ccon2)CC1. The Hall–Kier alpha value is -2.94. The van der Waals surface area contributed by atoms with Crippen LogP contribution in [0.15, 0.2) is 41.1 Å². The first kappa shape index (κ1) is 16.9. The number of non-ortho nitro benzene ring substituents is 1. The molecule has 1 fully saturated rings. The van der Waals surface area contributed by atoms with Crippen LogP contribution in [0.25, 0.3) is 0 Å². The first-order valence-corrected chi connectivity index (χ1v) is 7.99. The van der Waals surface area contributed by atoms with Crippen LogP contribution in [0.4, 0.5) is 10.5 Å². The Labute approximate surface area is 144 Å². The van der Waals surface area contributed by atoms with Gasteiger partial charge in [0.2, 0.25) is 0 Å². The lowest BCUT2D eigenvalue weighted by atomic mass is 10.2. The Kier molecular flexibility index (Phi) is 5.24. The van der Waals surface area contributed by atoms with Gasteiger partial charge in [0.05, 0.1) is 10.6 Å². The molecule has 2 aromatic rings. The van der Waals surface area contributed by atoms with Crippen LogP contribution < -0.4 is 5.32 Å². The minimum absolute atomic E-state index is 0.0401. The molecule has 0 saturated carbocycles. The van der Waals surface area contributed by atoms with E-state index < -0.39 is 4.92 Å². The summed E-state index contributed by atoms with van der Waals surface area (Å²) in [6.07, 6.45) is 1.55. The maximum absolute atomic E-state index is 12.2. The van der Waals surface area contributed by atoms with E-state index in [1.807, 2.05) is 6.07 Å². The molecule has 1 saturated heterocycles. The van der Waals surface area contributed by atoms with Crippen LogP contribution in [0.2, 0.25) is 0 Å². The van der Waals surface area contributed by atoms with E-state index in [-0.39, 0.29) is 11.7 Å². The van der Waals surface area contributed by atoms with Gasteiger partial charge in [0.15, 0.2) is 0 Å². The van der Waals surface area contributed by atoms with Crippen molar-refractivity contribution >= 4 is 11.7 Å². The highest BCUT2D eigenvalue weighted by Crippen LogP contribution is 2.12. The smallest absolute Gasteiger partial charge is 0.317 e. The predicted molar refractivity (Wildman–Crippen MR) is 88.7 cm³/mol. The number of amides is 2. The molecule has 1 aromatic carbocycles. The van der Waals surface area contributed by atoms with Gasteiger partial charge in [0.1, 0.15) is 6.26 Å². The predicted octanol–water partition coefficient (Wildman–Crippen LogP) is 1.61. The molecule has 1 aliphatic heterocycles. The molecule has 0 aliphatic carbocycles. The van der Waals surface area contributed by atoms with Crippen molar-refractivity contribution in [3.63, 3.8) is 0 Å². The van der Waals surface area contributed by atoms with Crippen LogP contribution in [-0.4, -0.2) is 52.1 Å². The van der Waals surface area contributed by atoms with Crippen molar-refractivity contribution in [1.29, 1.82) is 0 Å². The molecular formula is C16H19N5O4. The van der Waals surface area contributed by atoms with E-state index in [1.54, 1.807) is 23.3 Å². The van der Waals surface area contributed by atoms with Crippen molar-refractivity contribution in [1.82, 2.24) is 20.3 Å². The van der Waals surface area contributed by atoms with Gasteiger partial charge in [-0.05, 0) is 5.56 Å². The van der Waals surface area contributed by atoms with Gasteiger partial charge < -0.3 is 14.7 Å². The molecule has 9 nitrogen and oxygen atoms in total. The first-order chi connectivity index (χ1) is 12.1. The largest absolute Gasteiger partial charge is 0.364 e. The molecule has 0 atom stereocenters. The Morgan fingerprint density at radius 2 is 1.92 bits per heavy atom. The minimum Gasteiger partial charge on any atom is -0.364 e. The molecule has 2 heterocycles. The molecule has 1 aliphatic rings. The summed E-state index contributed by atoms with van der Waals surface area (Å²) < 4.78 is 4.82. The van der Waals surface area contributed by atoms with Crippen LogP contribution in [0.1, 0.15) is 11.3 Å². The summed E-state index contributed by atoms with van der Waals surface area (Å²) in [6, 6.07) is 7.87. The van der Waals surface area contributed by atoms with E-state index in [0.29, 0.717) is 19.6 Å². The molecule has 0 radical (unpaired) electrons. The number of nitro benzene ring substituents is 1. The number of aromatic nitrogens is 1. The summed E-state index contributed by atoms with van der Waals surface area (Å²) >= 11 is 0. The number of nitrogens with zero attached hydrogens (tertiary/aromatic N) is 4. The highest BCUT2D eigenvalue weighted by molar-refractivity contribution is 5.74. The average molecular weight is 345 g/mol. The fourth-order valence-corrected chi connectivity index (χ4v) is 2.68. The van der Waals surface area contributed by atoms with E-state index in [1.165, 1.54) is 12.1 Å². The number of nitrogens with one attached hydrogen (secondary N) is 1. The van der Waals surface area contributed by atoms with Crippen LogP contribution >= 0.6 is 0 Å². The number of urea groups is 1. The first-order valence-electron chi connectivity index (χ1n) is 7.99. The Balaban J connectivity index is 1.42. The molecule has 0 bridgehead atoms. The van der Waals surface area contributed by atoms with Gasteiger partial charge in [0, 0.05) is 57.5 Å². The van der Waals surface area contributed by atoms with Crippen molar-refractivity contribution in [2.75, 3.05) is 26.2 Å². The van der Waals surface area contributed by atoms with Gasteiger partial charge in [0.25, 0.3) is 5.69 Å². The van der Waals surface area contributed by atoms with Gasteiger partial charge in [-0.25, -0.2) is 4.79 Å². The summed E-state index contributed by atoms with van der Waals surface area (Å²) in [6.45, 7) is 3.90. The molecule has 132 valence electrons. The van der Waals surface area contributed by atoms with E-state index >= 15 is 0 Å². The number of carbonyl (C=O) groups is 1. The van der Waals surface area contributed by atoms with Gasteiger partial charge in [-0.3, -0.25) is 15.0 Å². The number of hydrogen-bond acceptors (Lipinski definition) is 6. The molecule has 0 unspecified atom stereocenters. The van der Waals surface area contributed by atoms with E-state index in [4.69, 9.17) is 4.52 Å². The monoisotopic (exact) mass is 345 g/mol. The number of benzene rings is 1. The summed E-state index contributed by atoms with van der Waals surface area (Å²) in [4.78, 5) is 26.4. The third kappa shape index (κ3) is 4.54. The topological polar surface area (TPSA) is 105 Å². The highest BCUT2D eigenvalue weighted by Gasteiger charge is 2.21. The van der Waals surface area contributed by atoms with Gasteiger partial charge in [-0.1, -0.05) is 17.3 Å². The van der Waals surface area contributed by atoms with Crippen molar-refractivity contribution in [3.8, 4) is 0 Å². The number of carbonyl (C=O) groups excluding carboxylic acids is 1. The minimum atomic E-state index is -0.444. The van der Waals surface area contributed by atoms with E-state index in [9.17, 15) is 14.9 Å². The second-order valence-electron chi connectivity index (χ2n) is 5.84. The summed E-state index contributed by atoms with van der Waals surface area (Å²) in [7, 11) is 0. The van der Waals surface area contributed by atoms with Crippen LogP contribution in [0.5, 0.6) is 0 Å². The summed E-state index contributed by atoms with van der Waals surface area (Å²) in [5.41, 5.74) is 1.75. The van der Waals surface area contributed by atoms with Crippen molar-refractivity contribution in [2.45, 2.75) is 13.1 Å². The zero-order valence-corrected chi connectivity index (χ0v) is 13.6. The van der Waals surface area contributed by atoms with Gasteiger partial charge in [-0.15, -0.1) is 0 Å². The van der Waals surface area contributed by atoms with Gasteiger partial charge >= 0.3 is 6.03 Å². The Morgan fingerprint density at radius 1 is 1.20 bits per heavy atom. The quantitative estimate of drug-likeness (QED) is 0.652. The number of rotatable bonds is 5. The van der Waals surface area contributed by atoms with Crippen LogP contribution in [0, 0.1) is 10.1 Å². The number of piperazine rings is 1. The van der Waals surface area contributed by atoms with Crippen molar-refractivity contribution in [2.24, 2.45) is 0 Å². The lowest BCUT2D eigenvalue weighted by Crippen LogP contribution is -2.51. The normalized spacial score (nSPS) is 15.1. The molecule has 0 spiro atoms. The van der Waals surface area contributed by atoms with Crippen LogP contribution in [0.3, 0.4) is 0 Å². The average Bonchev–Trinajstić information content (AvgIpc) is 3.13. The zero-order chi connectivity index (χ0) is 17.6. The third-order valence-corrected chi connectivity index (χ3v) is 4.13. The van der Waals surface area contributed by atoms with E-state index in [0.717, 1.165) is 30.9 Å². The molecule has 9 heteroatoms. The van der Waals surface area contributed by atoms with Gasteiger partial charge in [-0.2, -0.15) is 0 Å². The lowest BCUT2D eigenvalue weighted by Gasteiger charge is -2.34. The molecular weight excluding hydrogens is 326 g/mol. The lowest BCUT2D eigenvalue weighted by molar-refractivity contribution is -0.384.